The molecular formula is C10H18O2S. The van der Waals surface area contributed by atoms with Crippen molar-refractivity contribution in [2.75, 3.05) is 19.5 Å². The van der Waals surface area contributed by atoms with Crippen LogP contribution >= 0.6 is 11.8 Å². The van der Waals surface area contributed by atoms with Crippen molar-refractivity contribution in [2.45, 2.75) is 31.4 Å². The summed E-state index contributed by atoms with van der Waals surface area (Å²) in [4.78, 5) is 11.2. The van der Waals surface area contributed by atoms with Gasteiger partial charge in [0.1, 0.15) is 5.78 Å². The third kappa shape index (κ3) is 3.31. The highest BCUT2D eigenvalue weighted by molar-refractivity contribution is 7.99. The summed E-state index contributed by atoms with van der Waals surface area (Å²) in [6.45, 7) is 2.89. The van der Waals surface area contributed by atoms with Crippen LogP contribution in [0, 0.1) is 5.92 Å². The van der Waals surface area contributed by atoms with Crippen LogP contribution in [0.3, 0.4) is 0 Å². The van der Waals surface area contributed by atoms with Crippen LogP contribution in [-0.4, -0.2) is 30.5 Å². The van der Waals surface area contributed by atoms with E-state index in [0.29, 0.717) is 11.0 Å². The van der Waals surface area contributed by atoms with E-state index in [0.717, 1.165) is 31.6 Å². The Morgan fingerprint density at radius 2 is 2.38 bits per heavy atom. The molecule has 76 valence electrons. The van der Waals surface area contributed by atoms with E-state index < -0.39 is 0 Å². The van der Waals surface area contributed by atoms with Crippen molar-refractivity contribution in [3.63, 3.8) is 0 Å². The molecule has 0 aromatic carbocycles. The zero-order valence-electron chi connectivity index (χ0n) is 8.41. The number of methoxy groups -OCH3 is 1. The van der Waals surface area contributed by atoms with Gasteiger partial charge >= 0.3 is 0 Å². The number of carbonyl (C=O) groups excluding carboxylic acids is 1. The molecule has 0 aromatic heterocycles. The molecule has 3 heteroatoms. The second kappa shape index (κ2) is 5.66. The molecule has 2 atom stereocenters. The second-order valence-electron chi connectivity index (χ2n) is 3.55. The maximum Gasteiger partial charge on any atom is 0.136 e. The number of hydrogen-bond acceptors (Lipinski definition) is 3. The van der Waals surface area contributed by atoms with Crippen molar-refractivity contribution in [1.82, 2.24) is 0 Å². The summed E-state index contributed by atoms with van der Waals surface area (Å²) in [5.74, 6) is 1.85. The van der Waals surface area contributed by atoms with Crippen LogP contribution in [0.25, 0.3) is 0 Å². The monoisotopic (exact) mass is 202 g/mol. The zero-order chi connectivity index (χ0) is 9.68. The van der Waals surface area contributed by atoms with Crippen molar-refractivity contribution >= 4 is 17.5 Å². The van der Waals surface area contributed by atoms with E-state index in [9.17, 15) is 4.79 Å². The summed E-state index contributed by atoms with van der Waals surface area (Å²) in [7, 11) is 1.73. The van der Waals surface area contributed by atoms with Gasteiger partial charge in [0, 0.05) is 31.3 Å². The third-order valence-corrected chi connectivity index (χ3v) is 4.16. The van der Waals surface area contributed by atoms with E-state index >= 15 is 0 Å². The van der Waals surface area contributed by atoms with Crippen molar-refractivity contribution in [3.05, 3.63) is 0 Å². The highest BCUT2D eigenvalue weighted by Gasteiger charge is 2.30. The van der Waals surface area contributed by atoms with Crippen molar-refractivity contribution < 1.29 is 9.53 Å². The second-order valence-corrected chi connectivity index (χ2v) is 4.90. The van der Waals surface area contributed by atoms with Gasteiger partial charge in [-0.05, 0) is 18.6 Å². The van der Waals surface area contributed by atoms with Gasteiger partial charge in [0.25, 0.3) is 0 Å². The van der Waals surface area contributed by atoms with Crippen molar-refractivity contribution in [1.29, 1.82) is 0 Å². The summed E-state index contributed by atoms with van der Waals surface area (Å²) in [5, 5.41) is 0.573. The van der Waals surface area contributed by atoms with Crippen LogP contribution < -0.4 is 0 Å². The van der Waals surface area contributed by atoms with E-state index in [2.05, 4.69) is 6.92 Å². The van der Waals surface area contributed by atoms with Gasteiger partial charge in [-0.15, -0.1) is 0 Å². The quantitative estimate of drug-likeness (QED) is 0.639. The zero-order valence-corrected chi connectivity index (χ0v) is 9.23. The van der Waals surface area contributed by atoms with E-state index in [1.807, 2.05) is 11.8 Å². The molecule has 0 aromatic rings. The number of ketones is 1. The Balaban J connectivity index is 2.11. The lowest BCUT2D eigenvalue weighted by molar-refractivity contribution is -0.120. The lowest BCUT2D eigenvalue weighted by Crippen LogP contribution is -2.12. The van der Waals surface area contributed by atoms with Gasteiger partial charge in [-0.3, -0.25) is 4.79 Å². The van der Waals surface area contributed by atoms with Crippen LogP contribution in [0.1, 0.15) is 26.2 Å². The summed E-state index contributed by atoms with van der Waals surface area (Å²) in [6, 6.07) is 0. The molecule has 2 nitrogen and oxygen atoms in total. The molecule has 1 rings (SSSR count). The van der Waals surface area contributed by atoms with E-state index in [1.54, 1.807) is 7.11 Å². The predicted octanol–water partition coefficient (Wildman–Crippen LogP) is 2.12. The molecule has 0 bridgehead atoms. The maximum atomic E-state index is 11.2. The number of ether oxygens (including phenoxy) is 1. The van der Waals surface area contributed by atoms with Gasteiger partial charge in [-0.2, -0.15) is 11.8 Å². The number of thioether (sulfide) groups is 1. The average molecular weight is 202 g/mol. The third-order valence-electron chi connectivity index (χ3n) is 2.57. The molecule has 1 saturated carbocycles. The first kappa shape index (κ1) is 11.1. The van der Waals surface area contributed by atoms with Gasteiger partial charge in [0.2, 0.25) is 0 Å². The molecule has 0 heterocycles. The normalized spacial score (nSPS) is 28.3. The number of Topliss-reactive ketones (excluding diaryl/α,β-unsaturated/α-hetero) is 1. The van der Waals surface area contributed by atoms with Gasteiger partial charge in [-0.25, -0.2) is 0 Å². The molecule has 2 unspecified atom stereocenters. The van der Waals surface area contributed by atoms with Crippen molar-refractivity contribution in [3.8, 4) is 0 Å². The molecule has 0 aliphatic heterocycles. The lowest BCUT2D eigenvalue weighted by atomic mass is 10.1. The molecule has 0 radical (unpaired) electrons. The summed E-state index contributed by atoms with van der Waals surface area (Å²) < 4.78 is 4.97. The molecule has 0 saturated heterocycles. The first-order chi connectivity index (χ1) is 6.25. The Bertz CT molecular complexity index is 170. The van der Waals surface area contributed by atoms with Gasteiger partial charge in [-0.1, -0.05) is 6.92 Å². The summed E-state index contributed by atoms with van der Waals surface area (Å²) >= 11 is 1.93. The fraction of sp³-hybridized carbons (Fsp3) is 0.900. The number of carbonyl (C=O) groups is 1. The first-order valence-corrected chi connectivity index (χ1v) is 5.94. The predicted molar refractivity (Wildman–Crippen MR) is 56.1 cm³/mol. The molecule has 0 N–H and O–H groups in total. The number of rotatable bonds is 5. The first-order valence-electron chi connectivity index (χ1n) is 4.89. The fourth-order valence-electron chi connectivity index (χ4n) is 1.64. The molecule has 13 heavy (non-hydrogen) atoms. The smallest absolute Gasteiger partial charge is 0.136 e. The molecule has 1 fully saturated rings. The summed E-state index contributed by atoms with van der Waals surface area (Å²) in [5.41, 5.74) is 0. The highest BCUT2D eigenvalue weighted by atomic mass is 32.2. The molecular weight excluding hydrogens is 184 g/mol. The highest BCUT2D eigenvalue weighted by Crippen LogP contribution is 2.32. The minimum absolute atomic E-state index is 0.285. The SMILES string of the molecule is COCCCSC1CCC(=O)C1C. The van der Waals surface area contributed by atoms with Gasteiger partial charge < -0.3 is 4.74 Å². The molecule has 1 aliphatic rings. The van der Waals surface area contributed by atoms with Crippen LogP contribution in [0.2, 0.25) is 0 Å². The Kier molecular flexibility index (Phi) is 4.81. The Morgan fingerprint density at radius 1 is 1.62 bits per heavy atom. The summed E-state index contributed by atoms with van der Waals surface area (Å²) in [6.07, 6.45) is 2.97. The van der Waals surface area contributed by atoms with Gasteiger partial charge in [0.15, 0.2) is 0 Å². The van der Waals surface area contributed by atoms with Crippen LogP contribution in [0.5, 0.6) is 0 Å². The van der Waals surface area contributed by atoms with Gasteiger partial charge in [0.05, 0.1) is 0 Å². The Morgan fingerprint density at radius 3 is 2.92 bits per heavy atom. The maximum absolute atomic E-state index is 11.2. The van der Waals surface area contributed by atoms with E-state index in [-0.39, 0.29) is 5.92 Å². The lowest BCUT2D eigenvalue weighted by Gasteiger charge is -2.12. The molecule has 0 spiro atoms. The Labute approximate surface area is 84.4 Å². The van der Waals surface area contributed by atoms with Crippen LogP contribution in [0.4, 0.5) is 0 Å². The van der Waals surface area contributed by atoms with E-state index in [4.69, 9.17) is 4.74 Å². The molecule has 1 aliphatic carbocycles. The van der Waals surface area contributed by atoms with Crippen molar-refractivity contribution in [2.24, 2.45) is 5.92 Å². The number of hydrogen-bond donors (Lipinski definition) is 0. The average Bonchev–Trinajstić information content (AvgIpc) is 2.43. The molecule has 0 amide bonds. The fourth-order valence-corrected chi connectivity index (χ4v) is 2.95. The van der Waals surface area contributed by atoms with E-state index in [1.165, 1.54) is 0 Å². The minimum Gasteiger partial charge on any atom is -0.385 e. The topological polar surface area (TPSA) is 26.3 Å². The Hall–Kier alpha value is -0.0200. The van der Waals surface area contributed by atoms with Crippen LogP contribution in [-0.2, 0) is 9.53 Å². The van der Waals surface area contributed by atoms with Crippen LogP contribution in [0.15, 0.2) is 0 Å². The minimum atomic E-state index is 0.285. The largest absolute Gasteiger partial charge is 0.385 e. The standard InChI is InChI=1S/C10H18O2S/c1-8-9(11)4-5-10(8)13-7-3-6-12-2/h8,10H,3-7H2,1-2H3.